The van der Waals surface area contributed by atoms with Crippen molar-refractivity contribution in [1.82, 2.24) is 0 Å². The lowest BCUT2D eigenvalue weighted by Gasteiger charge is -2.07. The predicted molar refractivity (Wildman–Crippen MR) is 86.3 cm³/mol. The van der Waals surface area contributed by atoms with Gasteiger partial charge in [-0.05, 0) is 24.0 Å². The van der Waals surface area contributed by atoms with Crippen molar-refractivity contribution in [2.75, 3.05) is 11.5 Å². The fraction of sp³-hybridized carbons (Fsp3) is 0.222. The zero-order valence-electron chi connectivity index (χ0n) is 11.1. The summed E-state index contributed by atoms with van der Waals surface area (Å²) in [5, 5.41) is 2.53. The Morgan fingerprint density at radius 2 is 1.21 bits per heavy atom. The maximum absolute atomic E-state index is 2.53. The Hall–Kier alpha value is -1.47. The van der Waals surface area contributed by atoms with Crippen molar-refractivity contribution in [3.8, 4) is 0 Å². The summed E-state index contributed by atoms with van der Waals surface area (Å²) in [7, 11) is 0.480. The smallest absolute Gasteiger partial charge is 0.0622 e. The van der Waals surface area contributed by atoms with Gasteiger partial charge in [0, 0.05) is 16.5 Å². The maximum atomic E-state index is 2.53. The minimum absolute atomic E-state index is 0.480. The molecule has 0 unspecified atom stereocenters. The number of hydrogen-bond donors (Lipinski definition) is 0. The molecule has 2 aromatic carbocycles. The first-order chi connectivity index (χ1) is 9.43. The topological polar surface area (TPSA) is 0 Å². The molecule has 0 spiro atoms. The van der Waals surface area contributed by atoms with E-state index in [0.717, 1.165) is 0 Å². The van der Waals surface area contributed by atoms with Crippen LogP contribution in [0.5, 0.6) is 0 Å². The second-order valence-corrected chi connectivity index (χ2v) is 7.04. The fourth-order valence-electron chi connectivity index (χ4n) is 2.50. The fourth-order valence-corrected chi connectivity index (χ4v) is 4.69. The van der Waals surface area contributed by atoms with E-state index in [2.05, 4.69) is 66.1 Å². The summed E-state index contributed by atoms with van der Waals surface area (Å²) in [6.45, 7) is 0. The van der Waals surface area contributed by atoms with Gasteiger partial charge in [-0.15, -0.1) is 0 Å². The Kier molecular flexibility index (Phi) is 4.04. The molecule has 3 rings (SSSR count). The molecule has 96 valence electrons. The Morgan fingerprint density at radius 1 is 0.737 bits per heavy atom. The molecule has 0 amide bonds. The number of hydrogen-bond acceptors (Lipinski definition) is 0. The lowest BCUT2D eigenvalue weighted by Crippen LogP contribution is -2.00. The molecule has 1 aliphatic rings. The van der Waals surface area contributed by atoms with Crippen molar-refractivity contribution < 1.29 is 0 Å². The standard InChI is InChI=1S/C18H19S/c1-3-9-16(10-4-1)18(15-19-13-7-8-14-19)17-11-5-2-6-12-17/h1-6,9-12,15H,7-8,13-14H2/q+1. The normalized spacial score (nSPS) is 15.4. The summed E-state index contributed by atoms with van der Waals surface area (Å²) in [5.41, 5.74) is 4.09. The predicted octanol–water partition coefficient (Wildman–Crippen LogP) is 4.49. The molecule has 1 heteroatoms. The summed E-state index contributed by atoms with van der Waals surface area (Å²) in [4.78, 5) is 0. The molecule has 1 aliphatic heterocycles. The van der Waals surface area contributed by atoms with Crippen LogP contribution in [0.25, 0.3) is 5.57 Å². The van der Waals surface area contributed by atoms with E-state index < -0.39 is 0 Å². The van der Waals surface area contributed by atoms with E-state index in [1.165, 1.54) is 41.0 Å². The molecule has 0 saturated carbocycles. The Balaban J connectivity index is 2.01. The van der Waals surface area contributed by atoms with Crippen LogP contribution in [0.2, 0.25) is 0 Å². The van der Waals surface area contributed by atoms with E-state index in [4.69, 9.17) is 0 Å². The summed E-state index contributed by atoms with van der Waals surface area (Å²) in [6, 6.07) is 21.6. The Labute approximate surface area is 118 Å². The van der Waals surface area contributed by atoms with E-state index in [1.54, 1.807) is 0 Å². The molecule has 2 aromatic rings. The highest BCUT2D eigenvalue weighted by Crippen LogP contribution is 2.27. The third-order valence-electron chi connectivity index (χ3n) is 3.52. The van der Waals surface area contributed by atoms with Crippen LogP contribution in [0.15, 0.2) is 66.1 Å². The molecule has 1 heterocycles. The molecule has 0 radical (unpaired) electrons. The minimum atomic E-state index is 0.480. The molecule has 0 bridgehead atoms. The summed E-state index contributed by atoms with van der Waals surface area (Å²) in [5.74, 6) is 2.76. The van der Waals surface area contributed by atoms with Crippen molar-refractivity contribution in [3.63, 3.8) is 0 Å². The molecule has 0 aliphatic carbocycles. The van der Waals surface area contributed by atoms with Gasteiger partial charge in [0.15, 0.2) is 0 Å². The van der Waals surface area contributed by atoms with Gasteiger partial charge in [0.05, 0.1) is 0 Å². The van der Waals surface area contributed by atoms with E-state index >= 15 is 0 Å². The zero-order valence-corrected chi connectivity index (χ0v) is 11.9. The van der Waals surface area contributed by atoms with E-state index in [-0.39, 0.29) is 0 Å². The van der Waals surface area contributed by atoms with Gasteiger partial charge in [0.1, 0.15) is 16.9 Å². The summed E-state index contributed by atoms with van der Waals surface area (Å²) >= 11 is 0. The minimum Gasteiger partial charge on any atom is -0.0622 e. The largest absolute Gasteiger partial charge is 0.127 e. The second kappa shape index (κ2) is 6.12. The summed E-state index contributed by atoms with van der Waals surface area (Å²) in [6.07, 6.45) is 2.80. The monoisotopic (exact) mass is 267 g/mol. The molecule has 1 fully saturated rings. The quantitative estimate of drug-likeness (QED) is 0.719. The Morgan fingerprint density at radius 3 is 1.68 bits per heavy atom. The highest BCUT2D eigenvalue weighted by molar-refractivity contribution is 8.00. The average Bonchev–Trinajstić information content (AvgIpc) is 3.00. The van der Waals surface area contributed by atoms with Gasteiger partial charge in [-0.1, -0.05) is 60.7 Å². The van der Waals surface area contributed by atoms with Crippen LogP contribution >= 0.6 is 0 Å². The molecule has 0 N–H and O–H groups in total. The van der Waals surface area contributed by atoms with E-state index in [0.29, 0.717) is 10.9 Å². The van der Waals surface area contributed by atoms with Crippen molar-refractivity contribution in [2.24, 2.45) is 0 Å². The van der Waals surface area contributed by atoms with Crippen molar-refractivity contribution >= 4 is 16.5 Å². The van der Waals surface area contributed by atoms with Crippen LogP contribution in [-0.4, -0.2) is 11.5 Å². The van der Waals surface area contributed by atoms with Gasteiger partial charge in [0.2, 0.25) is 0 Å². The Bertz CT molecular complexity index is 495. The zero-order chi connectivity index (χ0) is 12.9. The van der Waals surface area contributed by atoms with Gasteiger partial charge in [-0.25, -0.2) is 0 Å². The number of rotatable bonds is 3. The first kappa shape index (κ1) is 12.6. The van der Waals surface area contributed by atoms with E-state index in [9.17, 15) is 0 Å². The van der Waals surface area contributed by atoms with Crippen molar-refractivity contribution in [3.05, 3.63) is 77.2 Å². The van der Waals surface area contributed by atoms with Gasteiger partial charge in [0.25, 0.3) is 0 Å². The molecule has 19 heavy (non-hydrogen) atoms. The first-order valence-electron chi connectivity index (χ1n) is 6.92. The number of benzene rings is 2. The van der Waals surface area contributed by atoms with Crippen LogP contribution in [0.4, 0.5) is 0 Å². The van der Waals surface area contributed by atoms with Gasteiger partial charge in [-0.2, -0.15) is 0 Å². The van der Waals surface area contributed by atoms with E-state index in [1.807, 2.05) is 0 Å². The van der Waals surface area contributed by atoms with Crippen LogP contribution in [0.3, 0.4) is 0 Å². The molecule has 1 saturated heterocycles. The van der Waals surface area contributed by atoms with Crippen LogP contribution < -0.4 is 0 Å². The molecular weight excluding hydrogens is 248 g/mol. The molecular formula is C18H19S+. The van der Waals surface area contributed by atoms with Gasteiger partial charge >= 0.3 is 0 Å². The third-order valence-corrected chi connectivity index (χ3v) is 5.71. The van der Waals surface area contributed by atoms with Gasteiger partial charge < -0.3 is 0 Å². The highest BCUT2D eigenvalue weighted by atomic mass is 32.2. The molecule has 0 atom stereocenters. The molecule has 0 nitrogen and oxygen atoms in total. The van der Waals surface area contributed by atoms with Crippen LogP contribution in [0, 0.1) is 0 Å². The SMILES string of the molecule is C(=C(c1ccccc1)c1ccccc1)[S+]1CCCC1. The van der Waals surface area contributed by atoms with Crippen LogP contribution in [0.1, 0.15) is 24.0 Å². The lowest BCUT2D eigenvalue weighted by molar-refractivity contribution is 0.949. The highest BCUT2D eigenvalue weighted by Gasteiger charge is 2.23. The third kappa shape index (κ3) is 3.10. The average molecular weight is 267 g/mol. The lowest BCUT2D eigenvalue weighted by atomic mass is 10.00. The first-order valence-corrected chi connectivity index (χ1v) is 8.55. The van der Waals surface area contributed by atoms with Crippen LogP contribution in [-0.2, 0) is 10.9 Å². The maximum Gasteiger partial charge on any atom is 0.127 e. The molecule has 0 aromatic heterocycles. The van der Waals surface area contributed by atoms with Crippen molar-refractivity contribution in [1.29, 1.82) is 0 Å². The second-order valence-electron chi connectivity index (χ2n) is 4.92. The van der Waals surface area contributed by atoms with Crippen molar-refractivity contribution in [2.45, 2.75) is 12.8 Å². The van der Waals surface area contributed by atoms with Gasteiger partial charge in [-0.3, -0.25) is 0 Å². The summed E-state index contributed by atoms with van der Waals surface area (Å²) < 4.78 is 0.